The molecule has 2 unspecified atom stereocenters. The van der Waals surface area contributed by atoms with Crippen LogP contribution in [0.2, 0.25) is 0 Å². The smallest absolute Gasteiger partial charge is 0.327 e. The van der Waals surface area contributed by atoms with E-state index < -0.39 is 12.0 Å². The van der Waals surface area contributed by atoms with Crippen LogP contribution < -0.4 is 0 Å². The lowest BCUT2D eigenvalue weighted by Gasteiger charge is -2.35. The molecule has 0 aromatic carbocycles. The normalized spacial score (nSPS) is 26.8. The van der Waals surface area contributed by atoms with Crippen molar-refractivity contribution < 1.29 is 14.7 Å². The summed E-state index contributed by atoms with van der Waals surface area (Å²) in [6.45, 7) is 6.48. The van der Waals surface area contributed by atoms with E-state index in [2.05, 4.69) is 0 Å². The second-order valence-corrected chi connectivity index (χ2v) is 6.63. The van der Waals surface area contributed by atoms with Gasteiger partial charge in [-0.05, 0) is 39.5 Å². The molecule has 2 amide bonds. The van der Waals surface area contributed by atoms with Gasteiger partial charge in [0.05, 0.1) is 5.37 Å². The third kappa shape index (κ3) is 2.83. The summed E-state index contributed by atoms with van der Waals surface area (Å²) >= 11 is 1.62. The van der Waals surface area contributed by atoms with E-state index in [1.54, 1.807) is 21.6 Å². The first-order valence-corrected chi connectivity index (χ1v) is 7.95. The van der Waals surface area contributed by atoms with Crippen LogP contribution in [-0.4, -0.2) is 56.7 Å². The number of hydrogen-bond donors (Lipinski definition) is 1. The van der Waals surface area contributed by atoms with Crippen molar-refractivity contribution in [1.82, 2.24) is 9.80 Å². The minimum Gasteiger partial charge on any atom is -0.480 e. The highest BCUT2D eigenvalue weighted by molar-refractivity contribution is 8.00. The van der Waals surface area contributed by atoms with Crippen LogP contribution in [0.15, 0.2) is 0 Å². The second-order valence-electron chi connectivity index (χ2n) is 5.48. The van der Waals surface area contributed by atoms with Crippen molar-refractivity contribution in [1.29, 1.82) is 0 Å². The molecule has 2 aliphatic rings. The zero-order valence-electron chi connectivity index (χ0n) is 11.7. The fraction of sp³-hybridized carbons (Fsp3) is 0.846. The molecule has 1 saturated heterocycles. The molecular formula is C13H22N2O3S. The maximum Gasteiger partial charge on any atom is 0.327 e. The van der Waals surface area contributed by atoms with Gasteiger partial charge in [0.2, 0.25) is 0 Å². The van der Waals surface area contributed by atoms with Crippen molar-refractivity contribution in [2.75, 3.05) is 12.3 Å². The first-order chi connectivity index (χ1) is 8.97. The Balaban J connectivity index is 2.19. The Hall–Kier alpha value is -0.910. The van der Waals surface area contributed by atoms with Crippen molar-refractivity contribution in [3.8, 4) is 0 Å². The molecule has 0 bridgehead atoms. The van der Waals surface area contributed by atoms with E-state index in [0.717, 1.165) is 12.8 Å². The van der Waals surface area contributed by atoms with Crippen LogP contribution in [0, 0.1) is 5.92 Å². The zero-order chi connectivity index (χ0) is 14.2. The van der Waals surface area contributed by atoms with Crippen molar-refractivity contribution in [3.05, 3.63) is 0 Å². The molecule has 1 heterocycles. The number of urea groups is 1. The molecule has 0 aromatic rings. The maximum absolute atomic E-state index is 12.7. The summed E-state index contributed by atoms with van der Waals surface area (Å²) in [6, 6.07) is -0.694. The molecule has 2 rings (SSSR count). The van der Waals surface area contributed by atoms with Gasteiger partial charge in [0.15, 0.2) is 0 Å². The zero-order valence-corrected chi connectivity index (χ0v) is 12.5. The Kier molecular flexibility index (Phi) is 4.28. The van der Waals surface area contributed by atoms with E-state index in [1.807, 2.05) is 20.8 Å². The van der Waals surface area contributed by atoms with Crippen LogP contribution in [0.25, 0.3) is 0 Å². The lowest BCUT2D eigenvalue weighted by atomic mass is 10.2. The molecule has 1 aliphatic carbocycles. The molecule has 2 atom stereocenters. The summed E-state index contributed by atoms with van der Waals surface area (Å²) < 4.78 is 0. The third-order valence-electron chi connectivity index (χ3n) is 3.78. The number of amides is 2. The standard InChI is InChI=1S/C13H22N2O3S/c1-4-14(8(2)3)13(18)15-10(12(16)17)7-19-11(15)9-5-6-9/h8-11H,4-7H2,1-3H3,(H,16,17). The van der Waals surface area contributed by atoms with Gasteiger partial charge in [0, 0.05) is 18.3 Å². The second kappa shape index (κ2) is 5.61. The van der Waals surface area contributed by atoms with Gasteiger partial charge in [0.1, 0.15) is 6.04 Å². The molecule has 1 saturated carbocycles. The number of thioether (sulfide) groups is 1. The number of aliphatic carboxylic acids is 1. The van der Waals surface area contributed by atoms with Gasteiger partial charge in [0.25, 0.3) is 0 Å². The van der Waals surface area contributed by atoms with Gasteiger partial charge in [-0.2, -0.15) is 0 Å². The minimum absolute atomic E-state index is 0.0569. The van der Waals surface area contributed by atoms with Crippen LogP contribution in [-0.2, 0) is 4.79 Å². The van der Waals surface area contributed by atoms with Gasteiger partial charge < -0.3 is 10.0 Å². The van der Waals surface area contributed by atoms with Gasteiger partial charge in [-0.3, -0.25) is 4.90 Å². The first-order valence-electron chi connectivity index (χ1n) is 6.90. The molecular weight excluding hydrogens is 264 g/mol. The minimum atomic E-state index is -0.885. The third-order valence-corrected chi connectivity index (χ3v) is 5.24. The first kappa shape index (κ1) is 14.5. The fourth-order valence-electron chi connectivity index (χ4n) is 2.57. The molecule has 0 spiro atoms. The van der Waals surface area contributed by atoms with Crippen molar-refractivity contribution in [2.24, 2.45) is 5.92 Å². The summed E-state index contributed by atoms with van der Waals surface area (Å²) in [6.07, 6.45) is 2.23. The predicted molar refractivity (Wildman–Crippen MR) is 75.1 cm³/mol. The number of carbonyl (C=O) groups excluding carboxylic acids is 1. The van der Waals surface area contributed by atoms with Gasteiger partial charge in [-0.1, -0.05) is 0 Å². The lowest BCUT2D eigenvalue weighted by molar-refractivity contribution is -0.141. The SMILES string of the molecule is CCN(C(=O)N1C(C(=O)O)CSC1C1CC1)C(C)C. The quantitative estimate of drug-likeness (QED) is 0.859. The van der Waals surface area contributed by atoms with E-state index in [4.69, 9.17) is 0 Å². The molecule has 6 heteroatoms. The number of rotatable bonds is 4. The number of nitrogens with zero attached hydrogens (tertiary/aromatic N) is 2. The molecule has 0 aromatic heterocycles. The summed E-state index contributed by atoms with van der Waals surface area (Å²) in [5, 5.41) is 9.38. The molecule has 2 fully saturated rings. The van der Waals surface area contributed by atoms with Gasteiger partial charge in [-0.25, -0.2) is 9.59 Å². The fourth-order valence-corrected chi connectivity index (χ4v) is 4.20. The Morgan fingerprint density at radius 2 is 2.05 bits per heavy atom. The summed E-state index contributed by atoms with van der Waals surface area (Å²) in [7, 11) is 0. The monoisotopic (exact) mass is 286 g/mol. The molecule has 0 radical (unpaired) electrons. The summed E-state index contributed by atoms with van der Waals surface area (Å²) in [4.78, 5) is 27.4. The number of carbonyl (C=O) groups is 2. The highest BCUT2D eigenvalue weighted by atomic mass is 32.2. The Labute approximate surface area is 118 Å². The van der Waals surface area contributed by atoms with E-state index in [9.17, 15) is 14.7 Å². The number of hydrogen-bond acceptors (Lipinski definition) is 3. The van der Waals surface area contributed by atoms with Crippen LogP contribution in [0.4, 0.5) is 4.79 Å². The summed E-state index contributed by atoms with van der Waals surface area (Å²) in [5.74, 6) is 0.116. The van der Waals surface area contributed by atoms with Crippen LogP contribution in [0.5, 0.6) is 0 Å². The van der Waals surface area contributed by atoms with Crippen molar-refractivity contribution >= 4 is 23.8 Å². The van der Waals surface area contributed by atoms with E-state index in [1.165, 1.54) is 0 Å². The number of carboxylic acid groups (broad SMARTS) is 1. The topological polar surface area (TPSA) is 60.9 Å². The van der Waals surface area contributed by atoms with E-state index >= 15 is 0 Å². The molecule has 108 valence electrons. The predicted octanol–water partition coefficient (Wildman–Crippen LogP) is 2.07. The van der Waals surface area contributed by atoms with Crippen LogP contribution >= 0.6 is 11.8 Å². The Morgan fingerprint density at radius 1 is 1.42 bits per heavy atom. The average Bonchev–Trinajstić information content (AvgIpc) is 3.07. The highest BCUT2D eigenvalue weighted by Gasteiger charge is 2.49. The molecule has 1 N–H and O–H groups in total. The average molecular weight is 286 g/mol. The van der Waals surface area contributed by atoms with E-state index in [0.29, 0.717) is 18.2 Å². The largest absolute Gasteiger partial charge is 0.480 e. The molecule has 1 aliphatic heterocycles. The molecule has 19 heavy (non-hydrogen) atoms. The maximum atomic E-state index is 12.7. The van der Waals surface area contributed by atoms with Gasteiger partial charge in [-0.15, -0.1) is 11.8 Å². The number of carboxylic acids is 1. The highest BCUT2D eigenvalue weighted by Crippen LogP contribution is 2.45. The van der Waals surface area contributed by atoms with E-state index in [-0.39, 0.29) is 17.4 Å². The van der Waals surface area contributed by atoms with Gasteiger partial charge >= 0.3 is 12.0 Å². The van der Waals surface area contributed by atoms with Crippen molar-refractivity contribution in [3.63, 3.8) is 0 Å². The van der Waals surface area contributed by atoms with Crippen LogP contribution in [0.3, 0.4) is 0 Å². The van der Waals surface area contributed by atoms with Crippen LogP contribution in [0.1, 0.15) is 33.6 Å². The van der Waals surface area contributed by atoms with Crippen molar-refractivity contribution in [2.45, 2.75) is 51.1 Å². The Bertz CT molecular complexity index is 371. The lowest BCUT2D eigenvalue weighted by Crippen LogP contribution is -2.53. The molecule has 5 nitrogen and oxygen atoms in total. The summed E-state index contributed by atoms with van der Waals surface area (Å²) in [5.41, 5.74) is 0. The Morgan fingerprint density at radius 3 is 2.47 bits per heavy atom.